The maximum Gasteiger partial charge on any atom is 0.227 e. The van der Waals surface area contributed by atoms with Crippen LogP contribution in [0.5, 0.6) is 0 Å². The van der Waals surface area contributed by atoms with Crippen molar-refractivity contribution < 1.29 is 9.25 Å². The third-order valence-electron chi connectivity index (χ3n) is 9.77. The molecule has 0 spiro atoms. The average molecular weight is 662 g/mol. The van der Waals surface area contributed by atoms with E-state index in [1.54, 1.807) is 42.5 Å². The fraction of sp³-hybridized carbons (Fsp3) is 0.0227. The summed E-state index contributed by atoms with van der Waals surface area (Å²) in [7, 11) is 0. The minimum absolute atomic E-state index is 0.530. The third-order valence-corrected chi connectivity index (χ3v) is 9.77. The number of benzene rings is 4. The zero-order valence-electron chi connectivity index (χ0n) is 27.5. The van der Waals surface area contributed by atoms with Crippen molar-refractivity contribution in [3.05, 3.63) is 193 Å². The molecule has 9 rings (SSSR count). The van der Waals surface area contributed by atoms with Crippen LogP contribution in [-0.4, -0.2) is 15.0 Å². The summed E-state index contributed by atoms with van der Waals surface area (Å²) in [5, 5.41) is 1.58. The van der Waals surface area contributed by atoms with Crippen LogP contribution < -0.4 is 10.6 Å². The van der Waals surface area contributed by atoms with Crippen molar-refractivity contribution >= 4 is 17.8 Å². The van der Waals surface area contributed by atoms with Gasteiger partial charge < -0.3 is 9.25 Å². The van der Waals surface area contributed by atoms with Gasteiger partial charge in [-0.15, -0.1) is 5.17 Å². The summed E-state index contributed by atoms with van der Waals surface area (Å²) in [6.07, 6.45) is 17.7. The summed E-state index contributed by atoms with van der Waals surface area (Å²) in [5.74, 6) is 0.530. The molecule has 0 unspecified atom stereocenters. The van der Waals surface area contributed by atoms with Crippen LogP contribution in [0.25, 0.3) is 57.0 Å². The Balaban J connectivity index is 1.35. The fourth-order valence-electron chi connectivity index (χ4n) is 7.66. The Hall–Kier alpha value is -6.99. The lowest BCUT2D eigenvalue weighted by molar-refractivity contribution is 0.221. The molecule has 1 aliphatic heterocycles. The van der Waals surface area contributed by atoms with Crippen molar-refractivity contribution in [3.63, 3.8) is 0 Å². The van der Waals surface area contributed by atoms with Gasteiger partial charge in [-0.2, -0.15) is 0 Å². The first kappa shape index (κ1) is 30.1. The van der Waals surface area contributed by atoms with E-state index >= 15 is 0 Å². The van der Waals surface area contributed by atoms with E-state index in [9.17, 15) is 0 Å². The lowest BCUT2D eigenvalue weighted by Gasteiger charge is -2.34. The van der Waals surface area contributed by atoms with Crippen molar-refractivity contribution in [3.8, 4) is 44.8 Å². The molecule has 0 fully saturated rings. The molecule has 2 aliphatic rings. The van der Waals surface area contributed by atoms with Crippen LogP contribution in [0.1, 0.15) is 33.4 Å². The molecular formula is C44H31N5O2. The van der Waals surface area contributed by atoms with E-state index in [4.69, 9.17) is 9.25 Å². The third kappa shape index (κ3) is 4.70. The van der Waals surface area contributed by atoms with Gasteiger partial charge in [0.15, 0.2) is 0 Å². The minimum atomic E-state index is -0.683. The molecule has 0 bridgehead atoms. The van der Waals surface area contributed by atoms with Gasteiger partial charge in [-0.25, -0.2) is 4.98 Å². The second-order valence-electron chi connectivity index (χ2n) is 12.4. The first-order valence-corrected chi connectivity index (χ1v) is 16.6. The summed E-state index contributed by atoms with van der Waals surface area (Å²) in [6, 6.07) is 34.7. The molecule has 1 N–H and O–H groups in total. The number of hydrogen-bond acceptors (Lipinski definition) is 7. The molecule has 0 radical (unpaired) electrons. The molecule has 4 heterocycles. The normalized spacial score (nSPS) is 13.6. The number of hydrogen-bond donors (Lipinski definition) is 1. The number of hydrazine groups is 1. The molecular weight excluding hydrogens is 631 g/mol. The summed E-state index contributed by atoms with van der Waals surface area (Å²) in [6.45, 7) is 8.66. The number of aromatic nitrogens is 3. The molecule has 4 aromatic carbocycles. The summed E-state index contributed by atoms with van der Waals surface area (Å²) in [5.41, 5.74) is 16.8. The van der Waals surface area contributed by atoms with Crippen LogP contribution in [0.2, 0.25) is 0 Å². The Labute approximate surface area is 295 Å². The van der Waals surface area contributed by atoms with Gasteiger partial charge in [0.05, 0.1) is 29.6 Å². The van der Waals surface area contributed by atoms with Crippen LogP contribution in [0.15, 0.2) is 164 Å². The molecule has 1 aliphatic carbocycles. The van der Waals surface area contributed by atoms with Crippen molar-refractivity contribution in [2.24, 2.45) is 0 Å². The lowest BCUT2D eigenvalue weighted by Crippen LogP contribution is -2.29. The number of anilines is 1. The van der Waals surface area contributed by atoms with E-state index in [-0.39, 0.29) is 0 Å². The van der Waals surface area contributed by atoms with E-state index in [0.29, 0.717) is 5.89 Å². The topological polar surface area (TPSA) is 76.3 Å². The monoisotopic (exact) mass is 661 g/mol. The molecule has 0 saturated heterocycles. The Kier molecular flexibility index (Phi) is 7.18. The van der Waals surface area contributed by atoms with Crippen LogP contribution >= 0.6 is 0 Å². The first-order valence-electron chi connectivity index (χ1n) is 16.6. The van der Waals surface area contributed by atoms with Gasteiger partial charge in [0.1, 0.15) is 18.2 Å². The van der Waals surface area contributed by atoms with Gasteiger partial charge in [-0.1, -0.05) is 98.1 Å². The molecule has 7 heteroatoms. The van der Waals surface area contributed by atoms with Crippen molar-refractivity contribution in [1.82, 2.24) is 20.4 Å². The van der Waals surface area contributed by atoms with Crippen molar-refractivity contribution in [1.29, 1.82) is 0 Å². The van der Waals surface area contributed by atoms with Gasteiger partial charge in [0.2, 0.25) is 5.89 Å². The smallest absolute Gasteiger partial charge is 0.227 e. The van der Waals surface area contributed by atoms with Crippen molar-refractivity contribution in [2.45, 2.75) is 5.41 Å². The van der Waals surface area contributed by atoms with Gasteiger partial charge >= 0.3 is 0 Å². The molecule has 51 heavy (non-hydrogen) atoms. The van der Waals surface area contributed by atoms with Crippen LogP contribution in [-0.2, 0) is 10.3 Å². The standard InChI is InChI=1S/C44H31N5O2/c1-3-36-37(4-2)42-38-16-15-29(30-21-32(27-45-25-30)43-47-17-19-50-43)23-40(38)44(33-11-7-5-8-12-33,34-13-9-6-10-14-34)41(42)24-39(36)31-22-35(28-46-26-31)49-48-18-20-51-49/h3-28,48H,1-2H2. The first-order chi connectivity index (χ1) is 25.2. The molecule has 0 saturated carbocycles. The quantitative estimate of drug-likeness (QED) is 0.174. The van der Waals surface area contributed by atoms with Crippen LogP contribution in [0, 0.1) is 0 Å². The van der Waals surface area contributed by atoms with Gasteiger partial charge in [-0.05, 0) is 79.9 Å². The van der Waals surface area contributed by atoms with Crippen LogP contribution in [0.3, 0.4) is 0 Å². The minimum Gasteiger partial charge on any atom is -0.444 e. The van der Waals surface area contributed by atoms with Crippen molar-refractivity contribution in [2.75, 3.05) is 5.17 Å². The fourth-order valence-corrected chi connectivity index (χ4v) is 7.66. The van der Waals surface area contributed by atoms with E-state index in [1.807, 2.05) is 24.5 Å². The highest BCUT2D eigenvalue weighted by Gasteiger charge is 2.47. The van der Waals surface area contributed by atoms with Gasteiger partial charge in [-0.3, -0.25) is 15.4 Å². The summed E-state index contributed by atoms with van der Waals surface area (Å²) >= 11 is 0. The Morgan fingerprint density at radius 1 is 0.667 bits per heavy atom. The SMILES string of the molecule is C=Cc1c(-c2cncc(N3NC=CO3)c2)cc2c(c1C=C)-c1ccc(-c3cncc(-c4ncco4)c3)cc1C2(c1ccccc1)c1ccccc1. The highest BCUT2D eigenvalue weighted by atomic mass is 16.7. The zero-order valence-corrected chi connectivity index (χ0v) is 27.5. The largest absolute Gasteiger partial charge is 0.444 e. The number of nitrogens with one attached hydrogen (secondary N) is 1. The lowest BCUT2D eigenvalue weighted by atomic mass is 9.67. The van der Waals surface area contributed by atoms with E-state index < -0.39 is 5.41 Å². The molecule has 0 amide bonds. The second kappa shape index (κ2) is 12.2. The summed E-state index contributed by atoms with van der Waals surface area (Å²) in [4.78, 5) is 19.2. The van der Waals surface area contributed by atoms with E-state index in [0.717, 1.165) is 78.0 Å². The highest BCUT2D eigenvalue weighted by Crippen LogP contribution is 2.59. The molecule has 244 valence electrons. The maximum absolute atomic E-state index is 5.62. The highest BCUT2D eigenvalue weighted by molar-refractivity contribution is 5.98. The van der Waals surface area contributed by atoms with Gasteiger partial charge in [0, 0.05) is 29.7 Å². The van der Waals surface area contributed by atoms with E-state index in [2.05, 4.69) is 131 Å². The second-order valence-corrected chi connectivity index (χ2v) is 12.4. The molecule has 0 atom stereocenters. The number of rotatable bonds is 8. The average Bonchev–Trinajstić information content (AvgIpc) is 3.99. The number of nitrogens with zero attached hydrogens (tertiary/aromatic N) is 4. The Bertz CT molecular complexity index is 2420. The predicted octanol–water partition coefficient (Wildman–Crippen LogP) is 9.84. The number of fused-ring (bicyclic) bond motifs is 3. The zero-order chi connectivity index (χ0) is 34.4. The molecule has 7 aromatic rings. The maximum atomic E-state index is 5.62. The predicted molar refractivity (Wildman–Crippen MR) is 202 cm³/mol. The van der Waals surface area contributed by atoms with Crippen LogP contribution in [0.4, 0.5) is 5.69 Å². The van der Waals surface area contributed by atoms with Gasteiger partial charge in [0.25, 0.3) is 0 Å². The van der Waals surface area contributed by atoms with E-state index in [1.165, 1.54) is 0 Å². The number of pyridine rings is 2. The Morgan fingerprint density at radius 3 is 2.08 bits per heavy atom. The Morgan fingerprint density at radius 2 is 1.39 bits per heavy atom. The molecule has 3 aromatic heterocycles. The summed E-state index contributed by atoms with van der Waals surface area (Å²) < 4.78 is 5.62. The molecule has 7 nitrogen and oxygen atoms in total. The number of oxazole rings is 1.